The number of para-hydroxylation sites is 2. The third-order valence-corrected chi connectivity index (χ3v) is 6.36. The second-order valence-electron chi connectivity index (χ2n) is 7.02. The Hall–Kier alpha value is -3.25. The maximum Gasteiger partial charge on any atom is 0.184 e. The topological polar surface area (TPSA) is 80.2 Å². The molecule has 29 heavy (non-hydrogen) atoms. The van der Waals surface area contributed by atoms with Gasteiger partial charge >= 0.3 is 0 Å². The molecule has 6 heteroatoms. The summed E-state index contributed by atoms with van der Waals surface area (Å²) in [6, 6.07) is 21.1. The van der Waals surface area contributed by atoms with Crippen LogP contribution in [0.5, 0.6) is 5.75 Å². The highest BCUT2D eigenvalue weighted by molar-refractivity contribution is 7.90. The van der Waals surface area contributed by atoms with Crippen LogP contribution in [0, 0.1) is 6.92 Å². The first-order chi connectivity index (χ1) is 13.9. The summed E-state index contributed by atoms with van der Waals surface area (Å²) in [5, 5.41) is 9.76. The molecule has 0 aliphatic heterocycles. The Morgan fingerprint density at radius 2 is 1.48 bits per heavy atom. The molecule has 0 aliphatic carbocycles. The lowest BCUT2D eigenvalue weighted by Crippen LogP contribution is -2.11. The third kappa shape index (κ3) is 4.27. The van der Waals surface area contributed by atoms with Crippen LogP contribution in [0.1, 0.15) is 22.5 Å². The number of hydrogen-bond donors (Lipinski definition) is 1. The number of phenolic OH excluding ortho intramolecular Hbond substituents is 1. The molecule has 0 bridgehead atoms. The molecule has 0 saturated carbocycles. The van der Waals surface area contributed by atoms with E-state index in [1.54, 1.807) is 42.5 Å². The monoisotopic (exact) mass is 404 g/mol. The highest BCUT2D eigenvalue weighted by Gasteiger charge is 2.20. The Labute approximate surface area is 169 Å². The maximum atomic E-state index is 13.0. The van der Waals surface area contributed by atoms with Crippen LogP contribution < -0.4 is 0 Å². The molecule has 4 aromatic rings. The van der Waals surface area contributed by atoms with Gasteiger partial charge in [0.15, 0.2) is 9.84 Å². The summed E-state index contributed by atoms with van der Waals surface area (Å²) in [6.07, 6.45) is 0.380. The van der Waals surface area contributed by atoms with Gasteiger partial charge in [-0.1, -0.05) is 42.0 Å². The van der Waals surface area contributed by atoms with Crippen LogP contribution in [0.3, 0.4) is 0 Å². The summed E-state index contributed by atoms with van der Waals surface area (Å²) in [6.45, 7) is 1.92. The first-order valence-corrected chi connectivity index (χ1v) is 10.9. The van der Waals surface area contributed by atoms with Gasteiger partial charge in [0.2, 0.25) is 0 Å². The number of fused-ring (bicyclic) bond motifs is 1. The largest absolute Gasteiger partial charge is 0.508 e. The quantitative estimate of drug-likeness (QED) is 0.539. The fourth-order valence-electron chi connectivity index (χ4n) is 3.20. The SMILES string of the molecule is Cc1ccc(S(=O)(=O)Cc2nc3ccccc3nc2Cc2cccc(O)c2)cc1. The Bertz CT molecular complexity index is 1280. The summed E-state index contributed by atoms with van der Waals surface area (Å²) in [4.78, 5) is 9.57. The predicted octanol–water partition coefficient (Wildman–Crippen LogP) is 4.21. The lowest BCUT2D eigenvalue weighted by molar-refractivity contribution is 0.474. The smallest absolute Gasteiger partial charge is 0.184 e. The molecule has 0 radical (unpaired) electrons. The predicted molar refractivity (Wildman–Crippen MR) is 113 cm³/mol. The molecule has 0 saturated heterocycles. The molecule has 0 unspecified atom stereocenters. The van der Waals surface area contributed by atoms with E-state index in [1.807, 2.05) is 37.3 Å². The van der Waals surface area contributed by atoms with Crippen LogP contribution >= 0.6 is 0 Å². The average molecular weight is 404 g/mol. The van der Waals surface area contributed by atoms with Crippen LogP contribution in [0.4, 0.5) is 0 Å². The maximum absolute atomic E-state index is 13.0. The van der Waals surface area contributed by atoms with Crippen molar-refractivity contribution in [3.05, 3.63) is 95.3 Å². The number of aryl methyl sites for hydroxylation is 1. The van der Waals surface area contributed by atoms with Gasteiger partial charge in [-0.05, 0) is 48.9 Å². The Balaban J connectivity index is 1.78. The van der Waals surface area contributed by atoms with Gasteiger partial charge in [0.05, 0.1) is 33.1 Å². The number of hydrogen-bond acceptors (Lipinski definition) is 5. The zero-order valence-electron chi connectivity index (χ0n) is 15.9. The van der Waals surface area contributed by atoms with Crippen molar-refractivity contribution >= 4 is 20.9 Å². The molecular weight excluding hydrogens is 384 g/mol. The van der Waals surface area contributed by atoms with Crippen LogP contribution in [-0.4, -0.2) is 23.5 Å². The fraction of sp³-hybridized carbons (Fsp3) is 0.130. The van der Waals surface area contributed by atoms with E-state index in [2.05, 4.69) is 9.97 Å². The van der Waals surface area contributed by atoms with E-state index in [0.717, 1.165) is 11.1 Å². The Morgan fingerprint density at radius 3 is 2.14 bits per heavy atom. The van der Waals surface area contributed by atoms with E-state index in [1.165, 1.54) is 0 Å². The third-order valence-electron chi connectivity index (χ3n) is 4.71. The second kappa shape index (κ2) is 7.64. The van der Waals surface area contributed by atoms with Crippen LogP contribution in [0.25, 0.3) is 11.0 Å². The summed E-state index contributed by atoms with van der Waals surface area (Å²) >= 11 is 0. The summed E-state index contributed by atoms with van der Waals surface area (Å²) in [5.74, 6) is -0.0766. The lowest BCUT2D eigenvalue weighted by Gasteiger charge is -2.11. The molecule has 0 aliphatic rings. The van der Waals surface area contributed by atoms with Crippen molar-refractivity contribution in [1.29, 1.82) is 0 Å². The van der Waals surface area contributed by atoms with Crippen LogP contribution in [0.15, 0.2) is 77.7 Å². The highest BCUT2D eigenvalue weighted by Crippen LogP contribution is 2.23. The van der Waals surface area contributed by atoms with E-state index in [0.29, 0.717) is 28.8 Å². The first kappa shape index (κ1) is 19.1. The number of benzene rings is 3. The first-order valence-electron chi connectivity index (χ1n) is 9.22. The number of rotatable bonds is 5. The van der Waals surface area contributed by atoms with Crippen molar-refractivity contribution in [1.82, 2.24) is 9.97 Å². The minimum Gasteiger partial charge on any atom is -0.508 e. The van der Waals surface area contributed by atoms with Crippen LogP contribution in [0.2, 0.25) is 0 Å². The standard InChI is InChI=1S/C23H20N2O3S/c1-16-9-11-19(12-10-16)29(27,28)15-23-22(14-17-5-4-6-18(26)13-17)24-20-7-2-3-8-21(20)25-23/h2-13,26H,14-15H2,1H3. The van der Waals surface area contributed by atoms with Crippen molar-refractivity contribution in [2.75, 3.05) is 0 Å². The molecule has 1 heterocycles. The minimum absolute atomic E-state index is 0.157. The van der Waals surface area contributed by atoms with Crippen molar-refractivity contribution < 1.29 is 13.5 Å². The van der Waals surface area contributed by atoms with Crippen molar-refractivity contribution in [2.24, 2.45) is 0 Å². The zero-order valence-corrected chi connectivity index (χ0v) is 16.7. The van der Waals surface area contributed by atoms with Gasteiger partial charge in [-0.15, -0.1) is 0 Å². The van der Waals surface area contributed by atoms with Gasteiger partial charge in [-0.3, -0.25) is 0 Å². The molecule has 0 spiro atoms. The zero-order chi connectivity index (χ0) is 20.4. The van der Waals surface area contributed by atoms with E-state index in [-0.39, 0.29) is 16.4 Å². The summed E-state index contributed by atoms with van der Waals surface area (Å²) in [5.41, 5.74) is 4.21. The molecule has 0 amide bonds. The minimum atomic E-state index is -3.57. The molecular formula is C23H20N2O3S. The molecule has 0 atom stereocenters. The van der Waals surface area contributed by atoms with Crippen LogP contribution in [-0.2, 0) is 22.0 Å². The molecule has 5 nitrogen and oxygen atoms in total. The number of phenols is 1. The van der Waals surface area contributed by atoms with Gasteiger partial charge in [0.25, 0.3) is 0 Å². The molecule has 146 valence electrons. The van der Waals surface area contributed by atoms with Gasteiger partial charge < -0.3 is 5.11 Å². The van der Waals surface area contributed by atoms with Gasteiger partial charge in [0.1, 0.15) is 5.75 Å². The second-order valence-corrected chi connectivity index (χ2v) is 9.01. The number of aromatic hydroxyl groups is 1. The fourth-order valence-corrected chi connectivity index (χ4v) is 4.51. The molecule has 1 N–H and O–H groups in total. The van der Waals surface area contributed by atoms with Gasteiger partial charge in [0, 0.05) is 6.42 Å². The van der Waals surface area contributed by atoms with E-state index in [9.17, 15) is 13.5 Å². The van der Waals surface area contributed by atoms with E-state index >= 15 is 0 Å². The number of sulfone groups is 1. The summed E-state index contributed by atoms with van der Waals surface area (Å²) < 4.78 is 26.0. The normalized spacial score (nSPS) is 11.6. The van der Waals surface area contributed by atoms with Crippen molar-refractivity contribution in [3.63, 3.8) is 0 Å². The number of aromatic nitrogens is 2. The number of nitrogens with zero attached hydrogens (tertiary/aromatic N) is 2. The van der Waals surface area contributed by atoms with Gasteiger partial charge in [-0.2, -0.15) is 0 Å². The van der Waals surface area contributed by atoms with Crippen molar-refractivity contribution in [2.45, 2.75) is 24.0 Å². The van der Waals surface area contributed by atoms with Crippen molar-refractivity contribution in [3.8, 4) is 5.75 Å². The highest BCUT2D eigenvalue weighted by atomic mass is 32.2. The molecule has 0 fully saturated rings. The Morgan fingerprint density at radius 1 is 0.828 bits per heavy atom. The van der Waals surface area contributed by atoms with E-state index < -0.39 is 9.84 Å². The average Bonchev–Trinajstić information content (AvgIpc) is 2.68. The van der Waals surface area contributed by atoms with Gasteiger partial charge in [-0.25, -0.2) is 18.4 Å². The molecule has 1 aromatic heterocycles. The van der Waals surface area contributed by atoms with E-state index in [4.69, 9.17) is 0 Å². The molecule has 3 aromatic carbocycles. The molecule has 4 rings (SSSR count). The lowest BCUT2D eigenvalue weighted by atomic mass is 10.1. The Kier molecular flexibility index (Phi) is 5.03. The summed E-state index contributed by atoms with van der Waals surface area (Å²) in [7, 11) is -3.57.